The molecule has 0 atom stereocenters. The molecule has 3 aromatic rings. The number of rotatable bonds is 5. The van der Waals surface area contributed by atoms with E-state index in [1.807, 2.05) is 13.0 Å². The zero-order valence-electron chi connectivity index (χ0n) is 19.6. The number of aryl methyl sites for hydroxylation is 1. The molecule has 0 bridgehead atoms. The number of carbonyl (C=O) groups is 2. The Morgan fingerprint density at radius 1 is 1.09 bits per heavy atom. The molecular formula is C26H30NO6-. The minimum Gasteiger partial charge on any atom is -0.550 e. The highest BCUT2D eigenvalue weighted by molar-refractivity contribution is 5.97. The average Bonchev–Trinajstić information content (AvgIpc) is 3.17. The van der Waals surface area contributed by atoms with Gasteiger partial charge in [0.25, 0.3) is 0 Å². The fourth-order valence-electron chi connectivity index (χ4n) is 4.78. The first-order chi connectivity index (χ1) is 15.5. The molecule has 1 fully saturated rings. The van der Waals surface area contributed by atoms with Crippen LogP contribution >= 0.6 is 0 Å². The monoisotopic (exact) mass is 452 g/mol. The predicted molar refractivity (Wildman–Crippen MR) is 123 cm³/mol. The molecular weight excluding hydrogens is 422 g/mol. The van der Waals surface area contributed by atoms with Crippen molar-refractivity contribution in [2.45, 2.75) is 65.2 Å². The van der Waals surface area contributed by atoms with Crippen LogP contribution < -0.4 is 16.0 Å². The van der Waals surface area contributed by atoms with Crippen molar-refractivity contribution in [1.82, 2.24) is 5.32 Å². The van der Waals surface area contributed by atoms with E-state index < -0.39 is 11.6 Å². The molecule has 176 valence electrons. The van der Waals surface area contributed by atoms with Crippen molar-refractivity contribution in [3.63, 3.8) is 0 Å². The van der Waals surface area contributed by atoms with E-state index in [1.54, 1.807) is 12.3 Å². The zero-order chi connectivity index (χ0) is 23.9. The Labute approximate surface area is 192 Å². The normalized spacial score (nSPS) is 19.2. The van der Waals surface area contributed by atoms with Gasteiger partial charge in [-0.25, -0.2) is 4.79 Å². The van der Waals surface area contributed by atoms with Gasteiger partial charge in [0.1, 0.15) is 11.2 Å². The van der Waals surface area contributed by atoms with E-state index in [9.17, 15) is 19.5 Å². The van der Waals surface area contributed by atoms with Crippen LogP contribution in [0.1, 0.15) is 63.1 Å². The fraction of sp³-hybridized carbons (Fsp3) is 0.500. The molecule has 4 rings (SSSR count). The number of hydrogen-bond acceptors (Lipinski definition) is 6. The smallest absolute Gasteiger partial charge is 0.340 e. The van der Waals surface area contributed by atoms with E-state index in [0.29, 0.717) is 36.1 Å². The van der Waals surface area contributed by atoms with Gasteiger partial charge in [0.15, 0.2) is 0 Å². The van der Waals surface area contributed by atoms with E-state index in [0.717, 1.165) is 34.7 Å². The molecule has 0 saturated heterocycles. The third-order valence-corrected chi connectivity index (χ3v) is 6.89. The maximum atomic E-state index is 12.7. The maximum Gasteiger partial charge on any atom is 0.340 e. The number of furan rings is 1. The average molecular weight is 453 g/mol. The third-order valence-electron chi connectivity index (χ3n) is 6.89. The van der Waals surface area contributed by atoms with Crippen molar-refractivity contribution in [3.05, 3.63) is 45.5 Å². The fourth-order valence-corrected chi connectivity index (χ4v) is 4.78. The summed E-state index contributed by atoms with van der Waals surface area (Å²) in [6.07, 6.45) is 4.32. The molecule has 1 saturated carbocycles. The summed E-state index contributed by atoms with van der Waals surface area (Å²) in [5, 5.41) is 15.6. The van der Waals surface area contributed by atoms with Gasteiger partial charge in [-0.15, -0.1) is 0 Å². The Morgan fingerprint density at radius 2 is 1.79 bits per heavy atom. The van der Waals surface area contributed by atoms with Gasteiger partial charge in [-0.05, 0) is 61.5 Å². The molecule has 0 radical (unpaired) electrons. The Kier molecular flexibility index (Phi) is 6.08. The lowest BCUT2D eigenvalue weighted by Crippen LogP contribution is -2.37. The number of carbonyl (C=O) groups excluding carboxylic acids is 2. The zero-order valence-corrected chi connectivity index (χ0v) is 19.6. The SMILES string of the molecule is Cc1c(CC(=O)NCC2CCC(C(=O)[O-])CC2)c(=O)oc2cc3occ(C(C)(C)C)c3cc12. The van der Waals surface area contributed by atoms with Gasteiger partial charge in [0, 0.05) is 34.9 Å². The van der Waals surface area contributed by atoms with Crippen LogP contribution in [0.15, 0.2) is 32.0 Å². The van der Waals surface area contributed by atoms with Crippen LogP contribution in [0, 0.1) is 18.8 Å². The van der Waals surface area contributed by atoms with Crippen molar-refractivity contribution in [1.29, 1.82) is 0 Å². The summed E-state index contributed by atoms with van der Waals surface area (Å²) >= 11 is 0. The minimum atomic E-state index is -0.988. The van der Waals surface area contributed by atoms with Crippen LogP contribution in [0.5, 0.6) is 0 Å². The minimum absolute atomic E-state index is 0.0615. The van der Waals surface area contributed by atoms with E-state index >= 15 is 0 Å². The maximum absolute atomic E-state index is 12.7. The van der Waals surface area contributed by atoms with Crippen LogP contribution in [0.2, 0.25) is 0 Å². The van der Waals surface area contributed by atoms with Crippen LogP contribution in [-0.2, 0) is 21.4 Å². The van der Waals surface area contributed by atoms with E-state index in [2.05, 4.69) is 26.1 Å². The summed E-state index contributed by atoms with van der Waals surface area (Å²) in [7, 11) is 0. The highest BCUT2D eigenvalue weighted by Crippen LogP contribution is 2.35. The van der Waals surface area contributed by atoms with Gasteiger partial charge in [-0.1, -0.05) is 20.8 Å². The summed E-state index contributed by atoms with van der Waals surface area (Å²) in [5.74, 6) is -1.38. The summed E-state index contributed by atoms with van der Waals surface area (Å²) in [4.78, 5) is 36.3. The molecule has 33 heavy (non-hydrogen) atoms. The lowest BCUT2D eigenvalue weighted by Gasteiger charge is -2.29. The molecule has 0 unspecified atom stereocenters. The number of carboxylic acid groups (broad SMARTS) is 1. The molecule has 7 heteroatoms. The van der Waals surface area contributed by atoms with Gasteiger partial charge in [-0.2, -0.15) is 0 Å². The molecule has 1 aliphatic carbocycles. The quantitative estimate of drug-likeness (QED) is 0.594. The van der Waals surface area contributed by atoms with Crippen LogP contribution in [0.4, 0.5) is 0 Å². The lowest BCUT2D eigenvalue weighted by atomic mass is 9.82. The van der Waals surface area contributed by atoms with E-state index in [4.69, 9.17) is 8.83 Å². The summed E-state index contributed by atoms with van der Waals surface area (Å²) < 4.78 is 11.3. The number of benzene rings is 1. The second-order valence-electron chi connectivity index (χ2n) is 10.3. The Hall–Kier alpha value is -3.09. The van der Waals surface area contributed by atoms with Gasteiger partial charge in [0.05, 0.1) is 18.2 Å². The standard InChI is InChI=1S/C26H31NO6/c1-14-17-9-19-20(26(2,3)4)13-32-21(19)11-22(17)33-25(31)18(14)10-23(28)27-12-15-5-7-16(8-6-15)24(29)30/h9,11,13,15-16H,5-8,10,12H2,1-4H3,(H,27,28)(H,29,30)/p-1. The van der Waals surface area contributed by atoms with Gasteiger partial charge < -0.3 is 24.1 Å². The first kappa shape index (κ1) is 23.1. The molecule has 1 aliphatic rings. The van der Waals surface area contributed by atoms with Gasteiger partial charge >= 0.3 is 5.63 Å². The van der Waals surface area contributed by atoms with E-state index in [-0.39, 0.29) is 29.6 Å². The number of amides is 1. The van der Waals surface area contributed by atoms with Crippen molar-refractivity contribution in [3.8, 4) is 0 Å². The summed E-state index contributed by atoms with van der Waals surface area (Å²) in [6, 6.07) is 3.71. The highest BCUT2D eigenvalue weighted by Gasteiger charge is 2.24. The Balaban J connectivity index is 1.52. The van der Waals surface area contributed by atoms with Gasteiger partial charge in [0.2, 0.25) is 5.91 Å². The lowest BCUT2D eigenvalue weighted by molar-refractivity contribution is -0.312. The van der Waals surface area contributed by atoms with Crippen molar-refractivity contribution < 1.29 is 23.5 Å². The topological polar surface area (TPSA) is 113 Å². The van der Waals surface area contributed by atoms with Gasteiger partial charge in [-0.3, -0.25) is 4.79 Å². The number of nitrogens with one attached hydrogen (secondary N) is 1. The van der Waals surface area contributed by atoms with Crippen LogP contribution in [-0.4, -0.2) is 18.4 Å². The Morgan fingerprint density at radius 3 is 2.42 bits per heavy atom. The number of aliphatic carboxylic acids is 1. The second kappa shape index (κ2) is 8.69. The predicted octanol–water partition coefficient (Wildman–Crippen LogP) is 3.36. The number of hydrogen-bond donors (Lipinski definition) is 1. The molecule has 0 spiro atoms. The Bertz CT molecular complexity index is 1270. The molecule has 7 nitrogen and oxygen atoms in total. The molecule has 1 N–H and O–H groups in total. The summed E-state index contributed by atoms with van der Waals surface area (Å²) in [6.45, 7) is 8.65. The summed E-state index contributed by atoms with van der Waals surface area (Å²) in [5.41, 5.74) is 2.62. The highest BCUT2D eigenvalue weighted by atomic mass is 16.4. The first-order valence-corrected chi connectivity index (χ1v) is 11.5. The van der Waals surface area contributed by atoms with Crippen molar-refractivity contribution in [2.75, 3.05) is 6.54 Å². The molecule has 1 amide bonds. The van der Waals surface area contributed by atoms with Crippen molar-refractivity contribution >= 4 is 33.8 Å². The molecule has 1 aromatic carbocycles. The molecule has 2 heterocycles. The third kappa shape index (κ3) is 4.68. The number of fused-ring (bicyclic) bond motifs is 2. The molecule has 0 aliphatic heterocycles. The largest absolute Gasteiger partial charge is 0.550 e. The number of carboxylic acids is 1. The van der Waals surface area contributed by atoms with Crippen molar-refractivity contribution in [2.24, 2.45) is 11.8 Å². The van der Waals surface area contributed by atoms with Crippen LogP contribution in [0.25, 0.3) is 21.9 Å². The second-order valence-corrected chi connectivity index (χ2v) is 10.3. The molecule has 2 aromatic heterocycles. The van der Waals surface area contributed by atoms with Crippen LogP contribution in [0.3, 0.4) is 0 Å². The van der Waals surface area contributed by atoms with E-state index in [1.165, 1.54) is 0 Å². The first-order valence-electron chi connectivity index (χ1n) is 11.5.